The second-order valence-electron chi connectivity index (χ2n) is 5.00. The van der Waals surface area contributed by atoms with Gasteiger partial charge in [0, 0.05) is 0 Å². The summed E-state index contributed by atoms with van der Waals surface area (Å²) in [5.74, 6) is -0.0856. The Morgan fingerprint density at radius 3 is 2.76 bits per heavy atom. The number of fused-ring (bicyclic) bond motifs is 1. The summed E-state index contributed by atoms with van der Waals surface area (Å²) in [7, 11) is 0. The third kappa shape index (κ3) is 2.61. The molecule has 0 radical (unpaired) electrons. The lowest BCUT2D eigenvalue weighted by Gasteiger charge is -2.19. The van der Waals surface area contributed by atoms with Crippen LogP contribution >= 0.6 is 12.4 Å². The molecule has 1 amide bonds. The van der Waals surface area contributed by atoms with Gasteiger partial charge in [0.05, 0.1) is 12.6 Å². The summed E-state index contributed by atoms with van der Waals surface area (Å²) < 4.78 is 0. The first-order valence-corrected chi connectivity index (χ1v) is 5.63. The van der Waals surface area contributed by atoms with Gasteiger partial charge in [-0.2, -0.15) is 0 Å². The van der Waals surface area contributed by atoms with Crippen molar-refractivity contribution in [3.63, 3.8) is 0 Å². The highest BCUT2D eigenvalue weighted by Gasteiger charge is 2.36. The third-order valence-electron chi connectivity index (χ3n) is 3.30. The topological polar surface area (TPSA) is 55.1 Å². The lowest BCUT2D eigenvalue weighted by molar-refractivity contribution is -0.120. The predicted molar refractivity (Wildman–Crippen MR) is 71.3 cm³/mol. The molecule has 0 aliphatic heterocycles. The van der Waals surface area contributed by atoms with Crippen LogP contribution in [0.2, 0.25) is 0 Å². The molecule has 1 aromatic rings. The molecule has 4 heteroatoms. The van der Waals surface area contributed by atoms with Crippen molar-refractivity contribution in [3.05, 3.63) is 35.4 Å². The van der Waals surface area contributed by atoms with Gasteiger partial charge in [-0.1, -0.05) is 38.1 Å². The zero-order valence-corrected chi connectivity index (χ0v) is 11.0. The van der Waals surface area contributed by atoms with E-state index in [1.54, 1.807) is 0 Å². The third-order valence-corrected chi connectivity index (χ3v) is 3.30. The van der Waals surface area contributed by atoms with E-state index in [4.69, 9.17) is 5.73 Å². The molecule has 0 bridgehead atoms. The molecule has 0 spiro atoms. The number of benzene rings is 1. The van der Waals surface area contributed by atoms with Crippen LogP contribution in [0.1, 0.15) is 37.4 Å². The molecule has 94 valence electrons. The average Bonchev–Trinajstić information content (AvgIpc) is 2.51. The van der Waals surface area contributed by atoms with Crippen molar-refractivity contribution < 1.29 is 4.79 Å². The Morgan fingerprint density at radius 2 is 2.12 bits per heavy atom. The fraction of sp³-hybridized carbons (Fsp3) is 0.462. The molecular formula is C13H19ClN2O. The predicted octanol–water partition coefficient (Wildman–Crippen LogP) is 1.91. The smallest absolute Gasteiger partial charge is 0.234 e. The van der Waals surface area contributed by atoms with E-state index in [1.165, 1.54) is 11.1 Å². The summed E-state index contributed by atoms with van der Waals surface area (Å²) in [6.45, 7) is 4.47. The molecule has 2 rings (SSSR count). The molecule has 1 atom stereocenters. The number of halogens is 1. The molecular weight excluding hydrogens is 236 g/mol. The molecule has 1 aromatic carbocycles. The normalized spacial score (nSPS) is 20.3. The van der Waals surface area contributed by atoms with Crippen LogP contribution in [0.15, 0.2) is 24.3 Å². The van der Waals surface area contributed by atoms with Crippen molar-refractivity contribution in [2.24, 2.45) is 5.73 Å². The number of carbonyl (C=O) groups is 1. The summed E-state index contributed by atoms with van der Waals surface area (Å²) >= 11 is 0. The minimum Gasteiger partial charge on any atom is -0.348 e. The van der Waals surface area contributed by atoms with E-state index in [2.05, 4.69) is 31.3 Å². The van der Waals surface area contributed by atoms with Crippen LogP contribution in [0, 0.1) is 0 Å². The first-order chi connectivity index (χ1) is 7.54. The molecule has 3 N–H and O–H groups in total. The van der Waals surface area contributed by atoms with Crippen molar-refractivity contribution in [2.45, 2.75) is 31.7 Å². The summed E-state index contributed by atoms with van der Waals surface area (Å²) in [4.78, 5) is 11.4. The molecule has 0 saturated heterocycles. The van der Waals surface area contributed by atoms with Gasteiger partial charge in [0.25, 0.3) is 0 Å². The molecule has 3 nitrogen and oxygen atoms in total. The zero-order chi connectivity index (χ0) is 11.8. The average molecular weight is 255 g/mol. The van der Waals surface area contributed by atoms with Gasteiger partial charge in [-0.3, -0.25) is 4.79 Å². The molecule has 1 unspecified atom stereocenters. The van der Waals surface area contributed by atoms with Gasteiger partial charge in [-0.05, 0) is 23.0 Å². The summed E-state index contributed by atoms with van der Waals surface area (Å²) in [5, 5.41) is 2.98. The summed E-state index contributed by atoms with van der Waals surface area (Å²) in [5.41, 5.74) is 8.02. The minimum absolute atomic E-state index is 0. The highest BCUT2D eigenvalue weighted by Crippen LogP contribution is 2.44. The van der Waals surface area contributed by atoms with E-state index >= 15 is 0 Å². The largest absolute Gasteiger partial charge is 0.348 e. The van der Waals surface area contributed by atoms with Crippen molar-refractivity contribution in [3.8, 4) is 0 Å². The fourth-order valence-corrected chi connectivity index (χ4v) is 2.53. The Bertz CT molecular complexity index is 418. The Kier molecular flexibility index (Phi) is 4.17. The summed E-state index contributed by atoms with van der Waals surface area (Å²) in [6.07, 6.45) is 0.943. The minimum atomic E-state index is -0.0856. The maximum absolute atomic E-state index is 11.4. The molecule has 0 saturated carbocycles. The Morgan fingerprint density at radius 1 is 1.47 bits per heavy atom. The van der Waals surface area contributed by atoms with Crippen LogP contribution in [-0.4, -0.2) is 12.5 Å². The number of rotatable bonds is 2. The van der Waals surface area contributed by atoms with E-state index in [-0.39, 0.29) is 36.3 Å². The first kappa shape index (κ1) is 14.0. The van der Waals surface area contributed by atoms with Crippen molar-refractivity contribution in [1.82, 2.24) is 5.32 Å². The van der Waals surface area contributed by atoms with Crippen molar-refractivity contribution >= 4 is 18.3 Å². The van der Waals surface area contributed by atoms with Gasteiger partial charge in [0.15, 0.2) is 0 Å². The van der Waals surface area contributed by atoms with Crippen LogP contribution < -0.4 is 11.1 Å². The Labute approximate surface area is 108 Å². The molecule has 1 aliphatic carbocycles. The lowest BCUT2D eigenvalue weighted by Crippen LogP contribution is -2.33. The highest BCUT2D eigenvalue weighted by atomic mass is 35.5. The second-order valence-corrected chi connectivity index (χ2v) is 5.00. The molecule has 0 heterocycles. The SMILES string of the molecule is CC1(C)CC(NC(=O)CN)c2ccccc21.Cl. The number of hydrogen-bond donors (Lipinski definition) is 2. The van der Waals surface area contributed by atoms with Crippen LogP contribution in [0.4, 0.5) is 0 Å². The van der Waals surface area contributed by atoms with Gasteiger partial charge >= 0.3 is 0 Å². The van der Waals surface area contributed by atoms with Crippen LogP contribution in [0.25, 0.3) is 0 Å². The monoisotopic (exact) mass is 254 g/mol. The van der Waals surface area contributed by atoms with Crippen LogP contribution in [-0.2, 0) is 10.2 Å². The molecule has 0 fully saturated rings. The quantitative estimate of drug-likeness (QED) is 0.847. The standard InChI is InChI=1S/C13H18N2O.ClH/c1-13(2)7-11(15-12(16)8-14)9-5-3-4-6-10(9)13;/h3-6,11H,7-8,14H2,1-2H3,(H,15,16);1H. The van der Waals surface area contributed by atoms with E-state index in [1.807, 2.05) is 12.1 Å². The fourth-order valence-electron chi connectivity index (χ4n) is 2.53. The summed E-state index contributed by atoms with van der Waals surface area (Å²) in [6, 6.07) is 8.41. The number of nitrogens with two attached hydrogens (primary N) is 1. The molecule has 0 aromatic heterocycles. The lowest BCUT2D eigenvalue weighted by atomic mass is 9.86. The van der Waals surface area contributed by atoms with Gasteiger partial charge in [0.1, 0.15) is 0 Å². The van der Waals surface area contributed by atoms with Crippen molar-refractivity contribution in [1.29, 1.82) is 0 Å². The van der Waals surface area contributed by atoms with Crippen molar-refractivity contribution in [2.75, 3.05) is 6.54 Å². The number of amides is 1. The Hall–Kier alpha value is -1.06. The van der Waals surface area contributed by atoms with Gasteiger partial charge in [0.2, 0.25) is 5.91 Å². The van der Waals surface area contributed by atoms with E-state index < -0.39 is 0 Å². The maximum Gasteiger partial charge on any atom is 0.234 e. The zero-order valence-electron chi connectivity index (χ0n) is 10.2. The van der Waals surface area contributed by atoms with E-state index in [0.29, 0.717) is 0 Å². The Balaban J connectivity index is 0.00000144. The number of hydrogen-bond acceptors (Lipinski definition) is 2. The van der Waals surface area contributed by atoms with E-state index in [0.717, 1.165) is 6.42 Å². The molecule has 17 heavy (non-hydrogen) atoms. The first-order valence-electron chi connectivity index (χ1n) is 5.63. The van der Waals surface area contributed by atoms with Gasteiger partial charge in [-0.25, -0.2) is 0 Å². The molecule has 1 aliphatic rings. The highest BCUT2D eigenvalue weighted by molar-refractivity contribution is 5.85. The van der Waals surface area contributed by atoms with Crippen LogP contribution in [0.5, 0.6) is 0 Å². The second kappa shape index (κ2) is 5.07. The van der Waals surface area contributed by atoms with E-state index in [9.17, 15) is 4.79 Å². The maximum atomic E-state index is 11.4. The number of carbonyl (C=O) groups excluding carboxylic acids is 1. The van der Waals surface area contributed by atoms with Gasteiger partial charge in [-0.15, -0.1) is 12.4 Å². The van der Waals surface area contributed by atoms with Crippen LogP contribution in [0.3, 0.4) is 0 Å². The number of nitrogens with one attached hydrogen (secondary N) is 1. The van der Waals surface area contributed by atoms with Gasteiger partial charge < -0.3 is 11.1 Å².